The molecule has 1 amide bonds. The SMILES string of the molecule is CN(CCn1cccn1)c1cc(-c2ccc3c(c2)ncn3C2CCCCC2)c2nc[nH]c2c1C(N)=O. The first-order valence-electron chi connectivity index (χ1n) is 12.6. The third kappa shape index (κ3) is 3.90. The van der Waals surface area contributed by atoms with Crippen molar-refractivity contribution in [2.24, 2.45) is 5.73 Å². The van der Waals surface area contributed by atoms with Crippen molar-refractivity contribution in [1.82, 2.24) is 29.3 Å². The Morgan fingerprint density at radius 2 is 2.06 bits per heavy atom. The first-order valence-corrected chi connectivity index (χ1v) is 12.6. The predicted octanol–water partition coefficient (Wildman–Crippen LogP) is 4.52. The summed E-state index contributed by atoms with van der Waals surface area (Å²) in [7, 11) is 1.96. The molecule has 0 atom stereocenters. The molecule has 0 radical (unpaired) electrons. The number of carbonyl (C=O) groups is 1. The van der Waals surface area contributed by atoms with Crippen LogP contribution in [0.4, 0.5) is 5.69 Å². The molecular weight excluding hydrogens is 452 g/mol. The number of aromatic amines is 1. The number of H-pyrrole nitrogens is 1. The van der Waals surface area contributed by atoms with Crippen LogP contribution in [-0.4, -0.2) is 48.8 Å². The van der Waals surface area contributed by atoms with Gasteiger partial charge in [-0.15, -0.1) is 0 Å². The normalized spacial score (nSPS) is 14.6. The van der Waals surface area contributed by atoms with Crippen LogP contribution in [0.25, 0.3) is 33.2 Å². The minimum atomic E-state index is -0.488. The Labute approximate surface area is 208 Å². The Kier molecular flexibility index (Phi) is 5.67. The van der Waals surface area contributed by atoms with E-state index in [0.717, 1.165) is 33.4 Å². The van der Waals surface area contributed by atoms with Gasteiger partial charge in [-0.1, -0.05) is 25.3 Å². The number of primary amides is 1. The minimum Gasteiger partial charge on any atom is -0.372 e. The van der Waals surface area contributed by atoms with Crippen LogP contribution in [0.5, 0.6) is 0 Å². The number of carbonyl (C=O) groups excluding carboxylic acids is 1. The minimum absolute atomic E-state index is 0.442. The van der Waals surface area contributed by atoms with E-state index in [1.165, 1.54) is 32.1 Å². The van der Waals surface area contributed by atoms with Crippen LogP contribution in [0, 0.1) is 0 Å². The van der Waals surface area contributed by atoms with E-state index >= 15 is 0 Å². The fourth-order valence-electron chi connectivity index (χ4n) is 5.52. The van der Waals surface area contributed by atoms with Crippen LogP contribution in [-0.2, 0) is 6.54 Å². The summed E-state index contributed by atoms with van der Waals surface area (Å²) in [4.78, 5) is 27.1. The van der Waals surface area contributed by atoms with Gasteiger partial charge < -0.3 is 20.2 Å². The summed E-state index contributed by atoms with van der Waals surface area (Å²) in [6.07, 6.45) is 13.6. The van der Waals surface area contributed by atoms with Crippen molar-refractivity contribution in [2.45, 2.75) is 44.7 Å². The first kappa shape index (κ1) is 22.3. The summed E-state index contributed by atoms with van der Waals surface area (Å²) < 4.78 is 4.21. The van der Waals surface area contributed by atoms with Gasteiger partial charge in [0.1, 0.15) is 0 Å². The lowest BCUT2D eigenvalue weighted by molar-refractivity contribution is 0.100. The smallest absolute Gasteiger partial charge is 0.253 e. The van der Waals surface area contributed by atoms with Gasteiger partial charge in [0.15, 0.2) is 0 Å². The standard InChI is InChI=1S/C27H30N8O/c1-33(12-13-34-11-5-10-32-34)23-15-20(25-26(30-16-29-25)24(23)27(28)36)18-8-9-22-21(14-18)31-17-35(22)19-6-3-2-4-7-19/h5,8-11,14-17,19H,2-4,6-7,12-13H2,1H3,(H2,28,36)(H,29,30). The number of amides is 1. The molecule has 3 aromatic heterocycles. The fraction of sp³-hybridized carbons (Fsp3) is 0.333. The molecule has 0 saturated heterocycles. The molecule has 3 N–H and O–H groups in total. The van der Waals surface area contributed by atoms with Crippen LogP contribution >= 0.6 is 0 Å². The van der Waals surface area contributed by atoms with Crippen molar-refractivity contribution in [3.8, 4) is 11.1 Å². The molecular formula is C27H30N8O. The zero-order valence-electron chi connectivity index (χ0n) is 20.4. The van der Waals surface area contributed by atoms with E-state index in [0.29, 0.717) is 30.2 Å². The fourth-order valence-corrected chi connectivity index (χ4v) is 5.52. The molecule has 1 aliphatic carbocycles. The van der Waals surface area contributed by atoms with E-state index < -0.39 is 5.91 Å². The molecule has 2 aromatic carbocycles. The highest BCUT2D eigenvalue weighted by Gasteiger charge is 2.22. The largest absolute Gasteiger partial charge is 0.372 e. The van der Waals surface area contributed by atoms with Crippen molar-refractivity contribution in [3.05, 3.63) is 60.9 Å². The zero-order chi connectivity index (χ0) is 24.6. The molecule has 1 fully saturated rings. The van der Waals surface area contributed by atoms with Crippen molar-refractivity contribution in [2.75, 3.05) is 18.5 Å². The Bertz CT molecular complexity index is 1520. The molecule has 1 aliphatic rings. The van der Waals surface area contributed by atoms with Gasteiger partial charge in [-0.2, -0.15) is 5.10 Å². The van der Waals surface area contributed by atoms with Gasteiger partial charge in [-0.3, -0.25) is 9.48 Å². The van der Waals surface area contributed by atoms with Gasteiger partial charge in [-0.25, -0.2) is 9.97 Å². The zero-order valence-corrected chi connectivity index (χ0v) is 20.4. The summed E-state index contributed by atoms with van der Waals surface area (Å²) in [5.74, 6) is -0.488. The molecule has 0 bridgehead atoms. The Balaban J connectivity index is 1.42. The molecule has 6 rings (SSSR count). The Morgan fingerprint density at radius 3 is 2.83 bits per heavy atom. The van der Waals surface area contributed by atoms with Crippen LogP contribution in [0.2, 0.25) is 0 Å². The Morgan fingerprint density at radius 1 is 1.19 bits per heavy atom. The topological polar surface area (TPSA) is 111 Å². The number of anilines is 1. The molecule has 9 nitrogen and oxygen atoms in total. The van der Waals surface area contributed by atoms with Gasteiger partial charge in [-0.05, 0) is 42.7 Å². The summed E-state index contributed by atoms with van der Waals surface area (Å²) in [5, 5.41) is 4.28. The van der Waals surface area contributed by atoms with Gasteiger partial charge in [0.2, 0.25) is 0 Å². The molecule has 3 heterocycles. The quantitative estimate of drug-likeness (QED) is 0.354. The number of hydrogen-bond donors (Lipinski definition) is 2. The number of nitrogens with one attached hydrogen (secondary N) is 1. The molecule has 5 aromatic rings. The molecule has 184 valence electrons. The van der Waals surface area contributed by atoms with E-state index in [-0.39, 0.29) is 0 Å². The number of imidazole rings is 2. The molecule has 0 unspecified atom stereocenters. The molecule has 0 aliphatic heterocycles. The van der Waals surface area contributed by atoms with E-state index in [1.54, 1.807) is 12.5 Å². The van der Waals surface area contributed by atoms with Crippen LogP contribution in [0.15, 0.2) is 55.4 Å². The maximum atomic E-state index is 12.6. The molecule has 9 heteroatoms. The highest BCUT2D eigenvalue weighted by molar-refractivity contribution is 6.13. The van der Waals surface area contributed by atoms with Gasteiger partial charge in [0.05, 0.1) is 52.5 Å². The van der Waals surface area contributed by atoms with Crippen molar-refractivity contribution >= 4 is 33.7 Å². The summed E-state index contributed by atoms with van der Waals surface area (Å²) in [5.41, 5.74) is 12.5. The van der Waals surface area contributed by atoms with E-state index in [2.05, 4.69) is 37.8 Å². The van der Waals surface area contributed by atoms with Gasteiger partial charge in [0.25, 0.3) is 5.91 Å². The van der Waals surface area contributed by atoms with Crippen molar-refractivity contribution in [1.29, 1.82) is 0 Å². The van der Waals surface area contributed by atoms with Crippen molar-refractivity contribution in [3.63, 3.8) is 0 Å². The number of likely N-dealkylation sites (N-methyl/N-ethyl adjacent to an activating group) is 1. The molecule has 1 saturated carbocycles. The van der Waals surface area contributed by atoms with E-state index in [4.69, 9.17) is 10.7 Å². The van der Waals surface area contributed by atoms with Gasteiger partial charge in [0, 0.05) is 37.6 Å². The highest BCUT2D eigenvalue weighted by Crippen LogP contribution is 2.37. The monoisotopic (exact) mass is 482 g/mol. The maximum Gasteiger partial charge on any atom is 0.253 e. The van der Waals surface area contributed by atoms with Crippen LogP contribution in [0.1, 0.15) is 48.5 Å². The summed E-state index contributed by atoms with van der Waals surface area (Å²) in [6, 6.07) is 10.9. The number of nitrogens with zero attached hydrogens (tertiary/aromatic N) is 6. The second-order valence-electron chi connectivity index (χ2n) is 9.65. The summed E-state index contributed by atoms with van der Waals surface area (Å²) >= 11 is 0. The lowest BCUT2D eigenvalue weighted by Crippen LogP contribution is -2.26. The number of nitrogens with two attached hydrogens (primary N) is 1. The average molecular weight is 483 g/mol. The predicted molar refractivity (Wildman–Crippen MR) is 141 cm³/mol. The number of hydrogen-bond acceptors (Lipinski definition) is 5. The number of benzene rings is 2. The lowest BCUT2D eigenvalue weighted by Gasteiger charge is -2.24. The first-order chi connectivity index (χ1) is 17.6. The van der Waals surface area contributed by atoms with Crippen LogP contribution in [0.3, 0.4) is 0 Å². The third-order valence-corrected chi connectivity index (χ3v) is 7.42. The number of fused-ring (bicyclic) bond motifs is 2. The van der Waals surface area contributed by atoms with Gasteiger partial charge >= 0.3 is 0 Å². The Hall–Kier alpha value is -4.14. The second-order valence-corrected chi connectivity index (χ2v) is 9.65. The third-order valence-electron chi connectivity index (χ3n) is 7.42. The van der Waals surface area contributed by atoms with Crippen LogP contribution < -0.4 is 10.6 Å². The highest BCUT2D eigenvalue weighted by atomic mass is 16.1. The number of rotatable bonds is 7. The number of aromatic nitrogens is 6. The van der Waals surface area contributed by atoms with Crippen molar-refractivity contribution < 1.29 is 4.79 Å². The molecule has 0 spiro atoms. The summed E-state index contributed by atoms with van der Waals surface area (Å²) in [6.45, 7) is 1.34. The maximum absolute atomic E-state index is 12.6. The van der Waals surface area contributed by atoms with E-state index in [9.17, 15) is 4.79 Å². The molecule has 36 heavy (non-hydrogen) atoms. The second kappa shape index (κ2) is 9.14. The average Bonchev–Trinajstić information content (AvgIpc) is 3.67. The van der Waals surface area contributed by atoms with E-state index in [1.807, 2.05) is 41.3 Å². The lowest BCUT2D eigenvalue weighted by atomic mass is 9.95.